The van der Waals surface area contributed by atoms with Crippen molar-refractivity contribution in [3.05, 3.63) is 12.7 Å². The van der Waals surface area contributed by atoms with Crippen LogP contribution in [0.5, 0.6) is 0 Å². The molecule has 2 amide bonds. The van der Waals surface area contributed by atoms with Crippen molar-refractivity contribution in [2.24, 2.45) is 11.7 Å². The van der Waals surface area contributed by atoms with Crippen molar-refractivity contribution in [3.8, 4) is 0 Å². The third-order valence-corrected chi connectivity index (χ3v) is 3.19. The molecule has 4 heteroatoms. The Morgan fingerprint density at radius 1 is 1.56 bits per heavy atom. The van der Waals surface area contributed by atoms with Crippen LogP contribution in [0.1, 0.15) is 33.1 Å². The molecule has 0 aliphatic carbocycles. The van der Waals surface area contributed by atoms with E-state index in [1.165, 1.54) is 0 Å². The number of carbonyl (C=O) groups excluding carboxylic acids is 2. The molecular formula is C12H20N2O2. The van der Waals surface area contributed by atoms with Crippen LogP contribution >= 0.6 is 0 Å². The lowest BCUT2D eigenvalue weighted by Gasteiger charge is -2.36. The van der Waals surface area contributed by atoms with E-state index in [-0.39, 0.29) is 11.8 Å². The number of hydrogen-bond donors (Lipinski definition) is 1. The second-order valence-electron chi connectivity index (χ2n) is 4.64. The van der Waals surface area contributed by atoms with Crippen LogP contribution < -0.4 is 5.73 Å². The molecule has 1 aliphatic rings. The molecule has 0 saturated carbocycles. The van der Waals surface area contributed by atoms with Gasteiger partial charge in [0.2, 0.25) is 11.8 Å². The normalized spacial score (nSPS) is 24.8. The van der Waals surface area contributed by atoms with E-state index >= 15 is 0 Å². The summed E-state index contributed by atoms with van der Waals surface area (Å²) < 4.78 is 0. The minimum Gasteiger partial charge on any atom is -0.368 e. The molecule has 0 spiro atoms. The highest BCUT2D eigenvalue weighted by molar-refractivity contribution is 5.91. The maximum Gasteiger partial charge on any atom is 0.243 e. The molecule has 1 aliphatic heterocycles. The molecule has 0 bridgehead atoms. The number of rotatable bonds is 4. The van der Waals surface area contributed by atoms with Crippen LogP contribution in [0.3, 0.4) is 0 Å². The molecule has 1 saturated heterocycles. The van der Waals surface area contributed by atoms with Crippen LogP contribution in [0, 0.1) is 5.92 Å². The van der Waals surface area contributed by atoms with Gasteiger partial charge in [0.1, 0.15) is 5.54 Å². The van der Waals surface area contributed by atoms with Crippen molar-refractivity contribution in [2.45, 2.75) is 38.6 Å². The van der Waals surface area contributed by atoms with Gasteiger partial charge < -0.3 is 10.6 Å². The number of carbonyl (C=O) groups is 2. The zero-order valence-corrected chi connectivity index (χ0v) is 10.0. The molecule has 0 radical (unpaired) electrons. The smallest absolute Gasteiger partial charge is 0.243 e. The molecular weight excluding hydrogens is 204 g/mol. The molecule has 1 atom stereocenters. The van der Waals surface area contributed by atoms with Crippen molar-refractivity contribution in [1.82, 2.24) is 4.90 Å². The minimum absolute atomic E-state index is 0.00171. The fourth-order valence-electron chi connectivity index (χ4n) is 2.32. The first-order chi connectivity index (χ1) is 7.45. The topological polar surface area (TPSA) is 63.4 Å². The molecule has 0 aromatic carbocycles. The van der Waals surface area contributed by atoms with Gasteiger partial charge in [0.05, 0.1) is 0 Å². The monoisotopic (exact) mass is 224 g/mol. The van der Waals surface area contributed by atoms with Crippen LogP contribution in [-0.4, -0.2) is 28.8 Å². The summed E-state index contributed by atoms with van der Waals surface area (Å²) in [5.41, 5.74) is 4.64. The maximum atomic E-state index is 12.0. The predicted octanol–water partition coefficient (Wildman–Crippen LogP) is 1.06. The Balaban J connectivity index is 3.02. The lowest BCUT2D eigenvalue weighted by Crippen LogP contribution is -2.56. The average molecular weight is 224 g/mol. The standard InChI is InChI=1S/C12H20N2O2/c1-4-6-12(11(13)16)7-5-8-14(12)10(15)9(2)3/h4,9H,1,5-8H2,2-3H3,(H2,13,16). The molecule has 0 aromatic heterocycles. The van der Waals surface area contributed by atoms with E-state index in [1.807, 2.05) is 13.8 Å². The van der Waals surface area contributed by atoms with Gasteiger partial charge in [-0.05, 0) is 19.3 Å². The van der Waals surface area contributed by atoms with Gasteiger partial charge in [-0.25, -0.2) is 0 Å². The van der Waals surface area contributed by atoms with E-state index in [4.69, 9.17) is 5.73 Å². The molecule has 1 fully saturated rings. The van der Waals surface area contributed by atoms with Gasteiger partial charge in [-0.15, -0.1) is 6.58 Å². The van der Waals surface area contributed by atoms with Crippen molar-refractivity contribution in [1.29, 1.82) is 0 Å². The molecule has 1 rings (SSSR count). The number of nitrogens with two attached hydrogens (primary N) is 1. The summed E-state index contributed by atoms with van der Waals surface area (Å²) in [6.45, 7) is 7.93. The van der Waals surface area contributed by atoms with Crippen LogP contribution in [0.4, 0.5) is 0 Å². The molecule has 1 heterocycles. The fraction of sp³-hybridized carbons (Fsp3) is 0.667. The number of primary amides is 1. The molecule has 90 valence electrons. The zero-order valence-electron chi connectivity index (χ0n) is 10.0. The Kier molecular flexibility index (Phi) is 3.73. The summed E-state index contributed by atoms with van der Waals surface area (Å²) in [4.78, 5) is 25.3. The molecule has 1 unspecified atom stereocenters. The van der Waals surface area contributed by atoms with Crippen molar-refractivity contribution in [3.63, 3.8) is 0 Å². The zero-order chi connectivity index (χ0) is 12.3. The van der Waals surface area contributed by atoms with Crippen LogP contribution in [0.15, 0.2) is 12.7 Å². The number of amides is 2. The van der Waals surface area contributed by atoms with Gasteiger partial charge in [-0.1, -0.05) is 19.9 Å². The molecule has 2 N–H and O–H groups in total. The lowest BCUT2D eigenvalue weighted by atomic mass is 9.90. The first kappa shape index (κ1) is 12.7. The van der Waals surface area contributed by atoms with Gasteiger partial charge in [-0.3, -0.25) is 9.59 Å². The number of nitrogens with zero attached hydrogens (tertiary/aromatic N) is 1. The van der Waals surface area contributed by atoms with Gasteiger partial charge in [0.25, 0.3) is 0 Å². The van der Waals surface area contributed by atoms with Gasteiger partial charge in [0.15, 0.2) is 0 Å². The molecule has 16 heavy (non-hydrogen) atoms. The Bertz CT molecular complexity index is 312. The van der Waals surface area contributed by atoms with E-state index in [0.717, 1.165) is 6.42 Å². The third-order valence-electron chi connectivity index (χ3n) is 3.19. The second-order valence-corrected chi connectivity index (χ2v) is 4.64. The summed E-state index contributed by atoms with van der Waals surface area (Å²) >= 11 is 0. The van der Waals surface area contributed by atoms with Gasteiger partial charge in [0, 0.05) is 12.5 Å². The van der Waals surface area contributed by atoms with Gasteiger partial charge in [-0.2, -0.15) is 0 Å². The summed E-state index contributed by atoms with van der Waals surface area (Å²) in [5.74, 6) is -0.529. The quantitative estimate of drug-likeness (QED) is 0.726. The fourth-order valence-corrected chi connectivity index (χ4v) is 2.32. The highest BCUT2D eigenvalue weighted by Crippen LogP contribution is 2.33. The largest absolute Gasteiger partial charge is 0.368 e. The summed E-state index contributed by atoms with van der Waals surface area (Å²) in [7, 11) is 0. The number of likely N-dealkylation sites (tertiary alicyclic amines) is 1. The third kappa shape index (κ3) is 1.96. The second kappa shape index (κ2) is 4.68. The highest BCUT2D eigenvalue weighted by atomic mass is 16.2. The van der Waals surface area contributed by atoms with E-state index in [9.17, 15) is 9.59 Å². The Labute approximate surface area is 96.5 Å². The Hall–Kier alpha value is -1.32. The average Bonchev–Trinajstić information content (AvgIpc) is 2.62. The first-order valence-electron chi connectivity index (χ1n) is 5.68. The van der Waals surface area contributed by atoms with Crippen LogP contribution in [-0.2, 0) is 9.59 Å². The SMILES string of the molecule is C=CCC1(C(N)=O)CCCN1C(=O)C(C)C. The van der Waals surface area contributed by atoms with Gasteiger partial charge >= 0.3 is 0 Å². The van der Waals surface area contributed by atoms with Crippen molar-refractivity contribution < 1.29 is 9.59 Å². The van der Waals surface area contributed by atoms with E-state index in [1.54, 1.807) is 11.0 Å². The summed E-state index contributed by atoms with van der Waals surface area (Å²) in [6, 6.07) is 0. The van der Waals surface area contributed by atoms with Crippen LogP contribution in [0.25, 0.3) is 0 Å². The van der Waals surface area contributed by atoms with Crippen LogP contribution in [0.2, 0.25) is 0 Å². The maximum absolute atomic E-state index is 12.0. The van der Waals surface area contributed by atoms with Crippen molar-refractivity contribution >= 4 is 11.8 Å². The minimum atomic E-state index is -0.830. The summed E-state index contributed by atoms with van der Waals surface area (Å²) in [6.07, 6.45) is 3.58. The Morgan fingerprint density at radius 3 is 2.62 bits per heavy atom. The van der Waals surface area contributed by atoms with E-state index in [0.29, 0.717) is 19.4 Å². The Morgan fingerprint density at radius 2 is 2.19 bits per heavy atom. The lowest BCUT2D eigenvalue weighted by molar-refractivity contribution is -0.145. The molecule has 4 nitrogen and oxygen atoms in total. The van der Waals surface area contributed by atoms with E-state index in [2.05, 4.69) is 6.58 Å². The summed E-state index contributed by atoms with van der Waals surface area (Å²) in [5, 5.41) is 0. The highest BCUT2D eigenvalue weighted by Gasteiger charge is 2.47. The number of hydrogen-bond acceptors (Lipinski definition) is 2. The molecule has 0 aromatic rings. The predicted molar refractivity (Wildman–Crippen MR) is 62.5 cm³/mol. The first-order valence-corrected chi connectivity index (χ1v) is 5.68. The van der Waals surface area contributed by atoms with Crippen molar-refractivity contribution in [2.75, 3.05) is 6.54 Å². The van der Waals surface area contributed by atoms with E-state index < -0.39 is 11.4 Å².